The van der Waals surface area contributed by atoms with E-state index < -0.39 is 24.1 Å². The molecule has 9 nitrogen and oxygen atoms in total. The second-order valence-electron chi connectivity index (χ2n) is 8.75. The van der Waals surface area contributed by atoms with Crippen LogP contribution in [0, 0.1) is 12.7 Å². The number of pyridine rings is 1. The van der Waals surface area contributed by atoms with E-state index in [-0.39, 0.29) is 5.75 Å². The first-order chi connectivity index (χ1) is 18.7. The summed E-state index contributed by atoms with van der Waals surface area (Å²) in [6.07, 6.45) is 1.06. The van der Waals surface area contributed by atoms with Crippen LogP contribution in [0.15, 0.2) is 48.8 Å². The molecule has 12 heteroatoms. The van der Waals surface area contributed by atoms with Crippen molar-refractivity contribution in [2.45, 2.75) is 33.0 Å². The van der Waals surface area contributed by atoms with Gasteiger partial charge >= 0.3 is 6.09 Å². The zero-order chi connectivity index (χ0) is 27.7. The molecule has 0 radical (unpaired) electrons. The zero-order valence-electron chi connectivity index (χ0n) is 21.4. The highest BCUT2D eigenvalue weighted by Crippen LogP contribution is 2.38. The lowest BCUT2D eigenvalue weighted by molar-refractivity contribution is 0.0402. The Morgan fingerprint density at radius 2 is 1.87 bits per heavy atom. The van der Waals surface area contributed by atoms with Crippen LogP contribution in [0.1, 0.15) is 19.5 Å². The number of nitrogens with one attached hydrogen (secondary N) is 1. The van der Waals surface area contributed by atoms with E-state index in [9.17, 15) is 9.18 Å². The molecule has 0 saturated heterocycles. The van der Waals surface area contributed by atoms with Gasteiger partial charge in [0.15, 0.2) is 11.6 Å². The summed E-state index contributed by atoms with van der Waals surface area (Å²) in [6.45, 7) is 5.20. The number of nitrogens with zero attached hydrogens (tertiary/aromatic N) is 4. The maximum absolute atomic E-state index is 15.0. The summed E-state index contributed by atoms with van der Waals surface area (Å²) in [5.41, 5.74) is 3.60. The second kappa shape index (κ2) is 11.0. The normalized spacial score (nSPS) is 12.8. The Morgan fingerprint density at radius 3 is 2.62 bits per heavy atom. The van der Waals surface area contributed by atoms with E-state index >= 15 is 0 Å². The Bertz CT molecular complexity index is 1680. The van der Waals surface area contributed by atoms with Crippen molar-refractivity contribution in [3.8, 4) is 22.2 Å². The van der Waals surface area contributed by atoms with Crippen LogP contribution in [0.4, 0.5) is 14.9 Å². The number of hydrogen-bond acceptors (Lipinski definition) is 9. The van der Waals surface area contributed by atoms with Crippen LogP contribution >= 0.6 is 22.9 Å². The second-order valence-corrected chi connectivity index (χ2v) is 10.2. The van der Waals surface area contributed by atoms with Gasteiger partial charge in [-0.1, -0.05) is 11.6 Å². The average molecular weight is 568 g/mol. The number of carbonyl (C=O) groups is 1. The standard InChI is InChI=1S/C27H23ClFN5O4S/c1-13-5-6-17(11-30-13)32-27(35)38-15(3)14(2)37-22-10-23-20(9-19(22)29)34-26(39-23)18-7-16(28)8-21-25(18)31-12-24(33-21)36-4/h5-12,14-15H,1-4H3,(H,32,35)/t14-,15+/m0/s1. The van der Waals surface area contributed by atoms with Crippen molar-refractivity contribution in [3.63, 3.8) is 0 Å². The maximum Gasteiger partial charge on any atom is 0.412 e. The molecule has 0 unspecified atom stereocenters. The number of benzene rings is 2. The fourth-order valence-electron chi connectivity index (χ4n) is 3.72. The van der Waals surface area contributed by atoms with E-state index in [1.165, 1.54) is 36.9 Å². The third-order valence-electron chi connectivity index (χ3n) is 5.90. The summed E-state index contributed by atoms with van der Waals surface area (Å²) in [5, 5.41) is 3.67. The van der Waals surface area contributed by atoms with Crippen molar-refractivity contribution >= 4 is 56.0 Å². The van der Waals surface area contributed by atoms with Gasteiger partial charge in [-0.05, 0) is 45.0 Å². The van der Waals surface area contributed by atoms with Crippen molar-refractivity contribution in [2.24, 2.45) is 0 Å². The molecule has 5 aromatic rings. The van der Waals surface area contributed by atoms with Crippen LogP contribution in [0.2, 0.25) is 5.02 Å². The highest BCUT2D eigenvalue weighted by atomic mass is 35.5. The van der Waals surface area contributed by atoms with E-state index in [1.54, 1.807) is 44.2 Å². The Hall–Kier alpha value is -4.09. The molecule has 1 amide bonds. The molecular formula is C27H23ClFN5O4S. The van der Waals surface area contributed by atoms with Crippen LogP contribution < -0.4 is 14.8 Å². The molecule has 0 saturated carbocycles. The molecular weight excluding hydrogens is 545 g/mol. The summed E-state index contributed by atoms with van der Waals surface area (Å²) < 4.78 is 32.1. The van der Waals surface area contributed by atoms with Gasteiger partial charge in [0, 0.05) is 28.4 Å². The third-order valence-corrected chi connectivity index (χ3v) is 7.17. The topological polar surface area (TPSA) is 108 Å². The SMILES string of the molecule is COc1cnc2c(-c3nc4cc(F)c(O[C@@H](C)[C@@H](C)OC(=O)Nc5ccc(C)nc5)cc4s3)cc(Cl)cc2n1. The molecule has 0 aliphatic carbocycles. The monoisotopic (exact) mass is 567 g/mol. The molecule has 0 aliphatic heterocycles. The average Bonchev–Trinajstić information content (AvgIpc) is 3.31. The summed E-state index contributed by atoms with van der Waals surface area (Å²) >= 11 is 7.68. The highest BCUT2D eigenvalue weighted by Gasteiger charge is 2.22. The van der Waals surface area contributed by atoms with Gasteiger partial charge in [-0.2, -0.15) is 0 Å². The maximum atomic E-state index is 15.0. The number of amides is 1. The number of halogens is 2. The minimum absolute atomic E-state index is 0.0178. The first-order valence-electron chi connectivity index (χ1n) is 11.9. The number of methoxy groups -OCH3 is 1. The van der Waals surface area contributed by atoms with Gasteiger partial charge in [-0.25, -0.2) is 24.1 Å². The third kappa shape index (κ3) is 5.84. The molecule has 0 fully saturated rings. The van der Waals surface area contributed by atoms with E-state index in [1.807, 2.05) is 6.92 Å². The molecule has 0 spiro atoms. The molecule has 5 rings (SSSR count). The molecule has 2 atom stereocenters. The summed E-state index contributed by atoms with van der Waals surface area (Å²) in [6, 6.07) is 9.81. The van der Waals surface area contributed by atoms with Crippen LogP contribution in [0.3, 0.4) is 0 Å². The number of rotatable bonds is 7. The first-order valence-corrected chi connectivity index (χ1v) is 13.1. The number of carbonyl (C=O) groups excluding carboxylic acids is 1. The number of anilines is 1. The van der Waals surface area contributed by atoms with E-state index in [0.717, 1.165) is 5.69 Å². The zero-order valence-corrected chi connectivity index (χ0v) is 22.9. The molecule has 3 heterocycles. The number of ether oxygens (including phenoxy) is 3. The fourth-order valence-corrected chi connectivity index (χ4v) is 4.92. The van der Waals surface area contributed by atoms with E-state index in [0.29, 0.717) is 48.4 Å². The van der Waals surface area contributed by atoms with Crippen molar-refractivity contribution in [1.29, 1.82) is 0 Å². The minimum Gasteiger partial charge on any atom is -0.484 e. The quantitative estimate of drug-likeness (QED) is 0.228. The lowest BCUT2D eigenvalue weighted by Gasteiger charge is -2.22. The van der Waals surface area contributed by atoms with Crippen LogP contribution in [-0.2, 0) is 4.74 Å². The fraction of sp³-hybridized carbons (Fsp3) is 0.222. The van der Waals surface area contributed by atoms with Gasteiger partial charge in [-0.15, -0.1) is 11.3 Å². The van der Waals surface area contributed by atoms with Gasteiger partial charge < -0.3 is 14.2 Å². The van der Waals surface area contributed by atoms with Gasteiger partial charge in [-0.3, -0.25) is 10.3 Å². The molecule has 3 aromatic heterocycles. The van der Waals surface area contributed by atoms with Crippen molar-refractivity contribution in [2.75, 3.05) is 12.4 Å². The van der Waals surface area contributed by atoms with Crippen molar-refractivity contribution < 1.29 is 23.4 Å². The lowest BCUT2D eigenvalue weighted by atomic mass is 10.2. The Labute approximate surface area is 232 Å². The van der Waals surface area contributed by atoms with Crippen molar-refractivity contribution in [1.82, 2.24) is 19.9 Å². The summed E-state index contributed by atoms with van der Waals surface area (Å²) in [4.78, 5) is 29.9. The van der Waals surface area contributed by atoms with Gasteiger partial charge in [0.25, 0.3) is 0 Å². The number of thiazole rings is 1. The summed E-state index contributed by atoms with van der Waals surface area (Å²) in [7, 11) is 1.51. The van der Waals surface area contributed by atoms with Crippen molar-refractivity contribution in [3.05, 3.63) is 65.3 Å². The predicted molar refractivity (Wildman–Crippen MR) is 148 cm³/mol. The van der Waals surface area contributed by atoms with E-state index in [4.69, 9.17) is 25.8 Å². The van der Waals surface area contributed by atoms with Crippen LogP contribution in [-0.4, -0.2) is 45.3 Å². The molecule has 0 bridgehead atoms. The molecule has 1 N–H and O–H groups in total. The molecule has 39 heavy (non-hydrogen) atoms. The Kier molecular flexibility index (Phi) is 7.45. The summed E-state index contributed by atoms with van der Waals surface area (Å²) in [5.74, 6) is -0.209. The van der Waals surface area contributed by atoms with Crippen LogP contribution in [0.25, 0.3) is 31.8 Å². The molecule has 0 aliphatic rings. The Balaban J connectivity index is 1.34. The Morgan fingerprint density at radius 1 is 1.05 bits per heavy atom. The van der Waals surface area contributed by atoms with Gasteiger partial charge in [0.05, 0.1) is 46.4 Å². The number of aromatic nitrogens is 4. The van der Waals surface area contributed by atoms with Gasteiger partial charge in [0.1, 0.15) is 17.2 Å². The smallest absolute Gasteiger partial charge is 0.412 e. The number of hydrogen-bond donors (Lipinski definition) is 1. The molecule has 2 aromatic carbocycles. The number of aryl methyl sites for hydroxylation is 1. The van der Waals surface area contributed by atoms with Gasteiger partial charge in [0.2, 0.25) is 5.88 Å². The van der Waals surface area contributed by atoms with Crippen LogP contribution in [0.5, 0.6) is 11.6 Å². The first kappa shape index (κ1) is 26.5. The molecule has 200 valence electrons. The van der Waals surface area contributed by atoms with E-state index in [2.05, 4.69) is 25.3 Å². The largest absolute Gasteiger partial charge is 0.484 e. The highest BCUT2D eigenvalue weighted by molar-refractivity contribution is 7.21. The minimum atomic E-state index is -0.677. The number of fused-ring (bicyclic) bond motifs is 2. The predicted octanol–water partition coefficient (Wildman–Crippen LogP) is 6.82. The lowest BCUT2D eigenvalue weighted by Crippen LogP contribution is -2.32.